The summed E-state index contributed by atoms with van der Waals surface area (Å²) in [5, 5.41) is 82.5. The Balaban J connectivity index is 0.000000177. The highest BCUT2D eigenvalue weighted by atomic mass is 16.6. The van der Waals surface area contributed by atoms with E-state index in [0.717, 1.165) is 87.2 Å². The van der Waals surface area contributed by atoms with Crippen molar-refractivity contribution in [2.24, 2.45) is 85.0 Å². The smallest absolute Gasteiger partial charge is 0.135 e. The molecule has 0 spiro atoms. The van der Waals surface area contributed by atoms with Crippen LogP contribution in [0.15, 0.2) is 225 Å². The van der Waals surface area contributed by atoms with Crippen molar-refractivity contribution in [2.45, 2.75) is 226 Å². The minimum absolute atomic E-state index is 0.251. The predicted molar refractivity (Wildman–Crippen MR) is 447 cm³/mol. The van der Waals surface area contributed by atoms with Crippen molar-refractivity contribution in [2.75, 3.05) is 52.9 Å². The molecule has 15 nitrogen and oxygen atoms in total. The highest BCUT2D eigenvalue weighted by molar-refractivity contribution is 6.02. The molecule has 0 aromatic heterocycles. The summed E-state index contributed by atoms with van der Waals surface area (Å²) < 4.78 is 18.6. The second-order valence-electron chi connectivity index (χ2n) is 34.6. The largest absolute Gasteiger partial charge is 0.411 e. The van der Waals surface area contributed by atoms with Gasteiger partial charge in [-0.15, -0.1) is 0 Å². The molecule has 0 saturated heterocycles. The molecule has 111 heavy (non-hydrogen) atoms. The van der Waals surface area contributed by atoms with Crippen molar-refractivity contribution in [1.82, 2.24) is 0 Å². The zero-order valence-electron chi connectivity index (χ0n) is 67.9. The SMILES string of the molecule is C=C1/C(=C\C=C2/CCC[C@]3(C)[C@@H]([C@H](C)COC/C(=N\O)c4ccccc4)CC[C@@H]23)C[C@@H](O)C[C@@H]1O.C=C1/C(=C\C=C2/CCC[C@]3(C)[C@@H]([C@H](C)COC/C(=N\OCCC)c4ccccc4)CC[C@@H]23)C[C@@H](O)C[C@@H]1O.C=CCO/N=C(\COC[C@@H](C)[C@H]1CC[C@H]2/C(=C/C=C3/C[C@@H](O)C[C@H](O)C3=C)CCC[C@]12C)c1ccccc1. The Kier molecular flexibility index (Phi) is 32.3. The molecule has 0 unspecified atom stereocenters. The first-order valence-electron chi connectivity index (χ1n) is 41.9. The fraction of sp³-hybridized carbons (Fsp3) is 0.573. The number of hydrogen-bond donors (Lipinski definition) is 7. The van der Waals surface area contributed by atoms with Crippen LogP contribution in [-0.4, -0.2) is 142 Å². The van der Waals surface area contributed by atoms with Gasteiger partial charge in [0.2, 0.25) is 0 Å². The molecule has 0 heterocycles. The van der Waals surface area contributed by atoms with E-state index in [1.807, 2.05) is 78.9 Å². The molecule has 7 N–H and O–H groups in total. The van der Waals surface area contributed by atoms with E-state index in [-0.39, 0.29) is 16.2 Å². The van der Waals surface area contributed by atoms with Gasteiger partial charge in [0.1, 0.15) is 30.3 Å². The molecule has 9 saturated carbocycles. The minimum atomic E-state index is -0.644. The van der Waals surface area contributed by atoms with Gasteiger partial charge in [-0.2, -0.15) is 0 Å². The van der Waals surface area contributed by atoms with Crippen molar-refractivity contribution in [3.63, 3.8) is 0 Å². The second kappa shape index (κ2) is 41.4. The maximum Gasteiger partial charge on any atom is 0.135 e. The van der Waals surface area contributed by atoms with Gasteiger partial charge in [-0.1, -0.05) is 240 Å². The number of nitrogens with zero attached hydrogens (tertiary/aromatic N) is 3. The van der Waals surface area contributed by atoms with Gasteiger partial charge >= 0.3 is 0 Å². The topological polar surface area (TPSA) is 225 Å². The van der Waals surface area contributed by atoms with Crippen LogP contribution in [0.4, 0.5) is 0 Å². The zero-order valence-corrected chi connectivity index (χ0v) is 67.9. The summed E-state index contributed by atoms with van der Waals surface area (Å²) in [5.74, 6) is 4.84. The lowest BCUT2D eigenvalue weighted by atomic mass is 9.61. The maximum absolute atomic E-state index is 10.2. The maximum atomic E-state index is 10.2. The number of allylic oxidation sites excluding steroid dienone is 9. The van der Waals surface area contributed by atoms with E-state index in [4.69, 9.17) is 23.9 Å². The number of aliphatic hydroxyl groups is 6. The number of rotatable bonds is 27. The molecule has 0 bridgehead atoms. The molecule has 3 aromatic rings. The van der Waals surface area contributed by atoms with Gasteiger partial charge in [0.15, 0.2) is 0 Å². The van der Waals surface area contributed by atoms with Crippen molar-refractivity contribution in [1.29, 1.82) is 0 Å². The van der Waals surface area contributed by atoms with Crippen LogP contribution in [0.25, 0.3) is 0 Å². The van der Waals surface area contributed by atoms with Gasteiger partial charge in [0.05, 0.1) is 56.4 Å². The van der Waals surface area contributed by atoms with Crippen LogP contribution in [0.2, 0.25) is 0 Å². The molecule has 9 fully saturated rings. The number of ether oxygens (including phenoxy) is 3. The number of oxime groups is 3. The quantitative estimate of drug-likeness (QED) is 0.0124. The molecule has 3 aromatic carbocycles. The number of fused-ring (bicyclic) bond motifs is 3. The first-order valence-corrected chi connectivity index (χ1v) is 41.9. The summed E-state index contributed by atoms with van der Waals surface area (Å²) in [4.78, 5) is 10.9. The summed E-state index contributed by atoms with van der Waals surface area (Å²) in [5.41, 5.74) is 15.7. The summed E-state index contributed by atoms with van der Waals surface area (Å²) >= 11 is 0. The van der Waals surface area contributed by atoms with E-state index >= 15 is 0 Å². The molecule has 0 radical (unpaired) electrons. The third-order valence-electron chi connectivity index (χ3n) is 27.1. The molecule has 604 valence electrons. The van der Waals surface area contributed by atoms with E-state index in [1.165, 1.54) is 93.8 Å². The molecule has 9 aliphatic carbocycles. The molecule has 12 rings (SSSR count). The van der Waals surface area contributed by atoms with E-state index in [9.17, 15) is 35.8 Å². The van der Waals surface area contributed by atoms with Crippen molar-refractivity contribution < 1.29 is 59.7 Å². The zero-order chi connectivity index (χ0) is 79.2. The number of aliphatic hydroxyl groups excluding tert-OH is 6. The van der Waals surface area contributed by atoms with Crippen LogP contribution < -0.4 is 0 Å². The average molecular weight is 1520 g/mol. The molecule has 9 aliphatic rings. The van der Waals surface area contributed by atoms with Crippen molar-refractivity contribution >= 4 is 17.1 Å². The Hall–Kier alpha value is -6.89. The second-order valence-corrected chi connectivity index (χ2v) is 34.6. The van der Waals surface area contributed by atoms with Gasteiger partial charge in [0.25, 0.3) is 0 Å². The van der Waals surface area contributed by atoms with Gasteiger partial charge in [-0.3, -0.25) is 0 Å². The fourth-order valence-electron chi connectivity index (χ4n) is 21.2. The van der Waals surface area contributed by atoms with E-state index in [0.29, 0.717) is 150 Å². The Morgan fingerprint density at radius 1 is 0.459 bits per heavy atom. The van der Waals surface area contributed by atoms with Crippen LogP contribution in [0.3, 0.4) is 0 Å². The third kappa shape index (κ3) is 22.2. The Bertz CT molecular complexity index is 3850. The van der Waals surface area contributed by atoms with Gasteiger partial charge in [-0.25, -0.2) is 0 Å². The summed E-state index contributed by atoms with van der Waals surface area (Å²) in [7, 11) is 0. The fourth-order valence-corrected chi connectivity index (χ4v) is 21.2. The Morgan fingerprint density at radius 2 is 0.775 bits per heavy atom. The molecule has 0 aliphatic heterocycles. The average Bonchev–Trinajstić information content (AvgIpc) is 1.63. The third-order valence-corrected chi connectivity index (χ3v) is 27.1. The number of benzene rings is 3. The lowest BCUT2D eigenvalue weighted by molar-refractivity contribution is 0.0448. The van der Waals surface area contributed by atoms with Crippen LogP contribution in [-0.2, 0) is 23.9 Å². The highest BCUT2D eigenvalue weighted by Gasteiger charge is 2.53. The molecule has 15 heteroatoms. The molecule has 18 atom stereocenters. The molecular formula is C96H133N3O12. The first kappa shape index (κ1) is 86.5. The monoisotopic (exact) mass is 1520 g/mol. The summed E-state index contributed by atoms with van der Waals surface area (Å²) in [6.07, 6.45) is 33.2. The lowest BCUT2D eigenvalue weighted by Crippen LogP contribution is -2.37. The normalized spacial score (nSPS) is 33.5. The van der Waals surface area contributed by atoms with Crippen LogP contribution >= 0.6 is 0 Å². The highest BCUT2D eigenvalue weighted by Crippen LogP contribution is 2.62. The van der Waals surface area contributed by atoms with Gasteiger partial charge in [-0.05, 0) is 225 Å². The van der Waals surface area contributed by atoms with Crippen molar-refractivity contribution in [3.05, 3.63) is 227 Å². The van der Waals surface area contributed by atoms with Crippen LogP contribution in [0.1, 0.15) is 206 Å². The Morgan fingerprint density at radius 3 is 1.09 bits per heavy atom. The van der Waals surface area contributed by atoms with E-state index in [1.54, 1.807) is 6.08 Å². The van der Waals surface area contributed by atoms with Gasteiger partial charge in [0, 0.05) is 55.8 Å². The lowest BCUT2D eigenvalue weighted by Gasteiger charge is -2.44. The molecule has 0 amide bonds. The van der Waals surface area contributed by atoms with Crippen molar-refractivity contribution in [3.8, 4) is 0 Å². The molecular weight excluding hydrogens is 1390 g/mol. The first-order chi connectivity index (χ1) is 53.5. The summed E-state index contributed by atoms with van der Waals surface area (Å²) in [6.45, 7) is 36.6. The van der Waals surface area contributed by atoms with E-state index in [2.05, 4.69) is 139 Å². The predicted octanol–water partition coefficient (Wildman–Crippen LogP) is 18.7. The van der Waals surface area contributed by atoms with Crippen LogP contribution in [0.5, 0.6) is 0 Å². The van der Waals surface area contributed by atoms with E-state index < -0.39 is 36.6 Å². The Labute approximate surface area is 664 Å². The van der Waals surface area contributed by atoms with Crippen LogP contribution in [0, 0.1) is 69.5 Å². The summed E-state index contributed by atoms with van der Waals surface area (Å²) in [6, 6.07) is 29.9. The number of hydrogen-bond acceptors (Lipinski definition) is 15. The minimum Gasteiger partial charge on any atom is -0.411 e. The van der Waals surface area contributed by atoms with Gasteiger partial charge < -0.3 is 59.7 Å². The standard InChI is InChI=1S/C33H47NO4.C33H45NO4.C30H41NO4/c2*1-5-18-38-34-31(26-10-7-6-8-11-26)22-37-21-23(2)29-15-16-30-25(12-9-17-33(29,30)4)13-14-27-19-28(35)20-32(36)24(27)3;1-20(18-35-19-28(31-34)23-8-5-4-6-9-23)26-13-14-27-22(10-7-15-30(26,27)3)11-12-24-16-25(32)17-29(33)21(24)2/h6-8,10-11,13-14,23,28-30,32,35-36H,3,5,9,12,15-22H2,1-2,4H3;5-8,10-11,13-14,23,28-30,32,35-36H,1,3,9,12,15-22H2,2,4H3;4-6,8-9,11-12,20,25-27,29,32-34H,2,7,10,13-19H2,1,3H3/b2*25-13+,27-14-,34-31+;22-11+,24-12-,31-28+/t2*23-,28-,29-,30+,32+,33-;20-,25-,26-,27+,29+,30-/m111/s1.